The standard InChI is InChI=1S/C23H34N3O6P/c1-15(2)12-21(16(3)4)33(28,32-25-26(6)23-17(5)10-9-11-24-23)31-18-13-19(29-7)22(27)20(14-18)30-8/h9-16,25,27H,1-8H3/b21-12+. The quantitative estimate of drug-likeness (QED) is 0.321. The summed E-state index contributed by atoms with van der Waals surface area (Å²) in [5.74, 6) is 0.765. The summed E-state index contributed by atoms with van der Waals surface area (Å²) < 4.78 is 36.3. The number of aromatic nitrogens is 1. The van der Waals surface area contributed by atoms with Crippen molar-refractivity contribution in [3.8, 4) is 23.0 Å². The van der Waals surface area contributed by atoms with Crippen LogP contribution in [0.2, 0.25) is 0 Å². The number of hydrazine groups is 1. The van der Waals surface area contributed by atoms with E-state index in [2.05, 4.69) is 10.6 Å². The van der Waals surface area contributed by atoms with E-state index in [1.165, 1.54) is 31.4 Å². The molecule has 0 spiro atoms. The number of phenolic OH excluding ortho intramolecular Hbond substituents is 1. The fourth-order valence-corrected chi connectivity index (χ4v) is 5.09. The number of nitrogens with one attached hydrogen (secondary N) is 1. The first-order chi connectivity index (χ1) is 15.5. The third-order valence-corrected chi connectivity index (χ3v) is 6.76. The number of ether oxygens (including phenoxy) is 2. The Hall–Kier alpha value is -2.74. The fourth-order valence-electron chi connectivity index (χ4n) is 3.11. The number of benzene rings is 1. The molecule has 182 valence electrons. The summed E-state index contributed by atoms with van der Waals surface area (Å²) in [5.41, 5.74) is 3.61. The molecule has 2 N–H and O–H groups in total. The third kappa shape index (κ3) is 6.63. The number of aryl methyl sites for hydroxylation is 1. The summed E-state index contributed by atoms with van der Waals surface area (Å²) in [6.07, 6.45) is 3.53. The van der Waals surface area contributed by atoms with E-state index in [1.807, 2.05) is 52.8 Å². The van der Waals surface area contributed by atoms with Crippen LogP contribution >= 0.6 is 7.60 Å². The molecule has 1 unspecified atom stereocenters. The van der Waals surface area contributed by atoms with Crippen LogP contribution in [0.1, 0.15) is 33.3 Å². The van der Waals surface area contributed by atoms with E-state index in [1.54, 1.807) is 13.2 Å². The van der Waals surface area contributed by atoms with E-state index in [0.29, 0.717) is 11.1 Å². The van der Waals surface area contributed by atoms with E-state index >= 15 is 0 Å². The van der Waals surface area contributed by atoms with Gasteiger partial charge >= 0.3 is 7.60 Å². The first kappa shape index (κ1) is 26.5. The number of allylic oxidation sites excluding steroid dienone is 2. The number of aromatic hydroxyl groups is 1. The Kier molecular flexibility index (Phi) is 9.16. The van der Waals surface area contributed by atoms with Crippen molar-refractivity contribution in [2.24, 2.45) is 11.8 Å². The van der Waals surface area contributed by atoms with Gasteiger partial charge in [0.25, 0.3) is 0 Å². The van der Waals surface area contributed by atoms with Gasteiger partial charge in [-0.3, -0.25) is 5.01 Å². The van der Waals surface area contributed by atoms with Crippen molar-refractivity contribution in [1.82, 2.24) is 10.6 Å². The van der Waals surface area contributed by atoms with Crippen molar-refractivity contribution in [2.75, 3.05) is 26.3 Å². The number of rotatable bonds is 11. The Morgan fingerprint density at radius 3 is 2.27 bits per heavy atom. The lowest BCUT2D eigenvalue weighted by Gasteiger charge is -2.28. The third-order valence-electron chi connectivity index (χ3n) is 4.69. The van der Waals surface area contributed by atoms with Crippen molar-refractivity contribution in [3.63, 3.8) is 0 Å². The highest BCUT2D eigenvalue weighted by molar-refractivity contribution is 7.58. The topological polar surface area (TPSA) is 102 Å². The van der Waals surface area contributed by atoms with Gasteiger partial charge in [0.2, 0.25) is 5.75 Å². The Morgan fingerprint density at radius 1 is 1.18 bits per heavy atom. The second-order valence-electron chi connectivity index (χ2n) is 8.14. The number of hydrogen-bond donors (Lipinski definition) is 2. The zero-order chi connectivity index (χ0) is 24.8. The maximum atomic E-state index is 14.2. The molecule has 0 amide bonds. The minimum atomic E-state index is -3.94. The molecular formula is C23H34N3O6P. The normalized spacial score (nSPS) is 13.7. The van der Waals surface area contributed by atoms with Gasteiger partial charge in [0.1, 0.15) is 11.6 Å². The maximum absolute atomic E-state index is 14.2. The van der Waals surface area contributed by atoms with Gasteiger partial charge in [-0.15, -0.1) is 5.59 Å². The molecule has 0 saturated heterocycles. The van der Waals surface area contributed by atoms with Gasteiger partial charge in [-0.2, -0.15) is 4.62 Å². The van der Waals surface area contributed by atoms with Gasteiger partial charge in [0, 0.05) is 25.4 Å². The van der Waals surface area contributed by atoms with E-state index in [4.69, 9.17) is 18.6 Å². The van der Waals surface area contributed by atoms with Crippen LogP contribution in [0.5, 0.6) is 23.0 Å². The van der Waals surface area contributed by atoms with Crippen LogP contribution in [-0.4, -0.2) is 31.4 Å². The Morgan fingerprint density at radius 2 is 1.79 bits per heavy atom. The second kappa shape index (κ2) is 11.4. The molecule has 33 heavy (non-hydrogen) atoms. The van der Waals surface area contributed by atoms with Crippen molar-refractivity contribution >= 4 is 13.4 Å². The first-order valence-electron chi connectivity index (χ1n) is 10.6. The molecule has 0 saturated carbocycles. The molecule has 10 heteroatoms. The summed E-state index contributed by atoms with van der Waals surface area (Å²) in [5, 5.41) is 12.2. The number of phenols is 1. The summed E-state index contributed by atoms with van der Waals surface area (Å²) in [4.78, 5) is 4.32. The van der Waals surface area contributed by atoms with Crippen LogP contribution in [-0.2, 0) is 9.19 Å². The second-order valence-corrected chi connectivity index (χ2v) is 10.0. The zero-order valence-electron chi connectivity index (χ0n) is 20.4. The number of pyridine rings is 1. The lowest BCUT2D eigenvalue weighted by Crippen LogP contribution is -2.35. The average molecular weight is 480 g/mol. The molecule has 0 aliphatic heterocycles. The highest BCUT2D eigenvalue weighted by Crippen LogP contribution is 2.59. The molecule has 0 aliphatic rings. The van der Waals surface area contributed by atoms with Gasteiger partial charge in [0.15, 0.2) is 11.5 Å². The van der Waals surface area contributed by atoms with Crippen molar-refractivity contribution in [1.29, 1.82) is 0 Å². The van der Waals surface area contributed by atoms with Gasteiger partial charge in [-0.25, -0.2) is 9.55 Å². The molecule has 0 fully saturated rings. The van der Waals surface area contributed by atoms with Crippen LogP contribution < -0.4 is 24.6 Å². The van der Waals surface area contributed by atoms with E-state index < -0.39 is 7.60 Å². The predicted molar refractivity (Wildman–Crippen MR) is 129 cm³/mol. The molecule has 2 aromatic rings. The van der Waals surface area contributed by atoms with Crippen LogP contribution in [0, 0.1) is 18.8 Å². The Balaban J connectivity index is 2.47. The Bertz CT molecular complexity index is 1000. The largest absolute Gasteiger partial charge is 0.502 e. The van der Waals surface area contributed by atoms with Crippen molar-refractivity contribution < 1.29 is 28.3 Å². The molecule has 1 aromatic heterocycles. The number of methoxy groups -OCH3 is 2. The SMILES string of the molecule is COc1cc(OP(=O)(ONN(C)c2ncccc2C)/C(=C/C(C)C)C(C)C)cc(OC)c1O. The summed E-state index contributed by atoms with van der Waals surface area (Å²) in [6.45, 7) is 9.70. The molecule has 1 heterocycles. The van der Waals surface area contributed by atoms with E-state index in [-0.39, 0.29) is 34.8 Å². The van der Waals surface area contributed by atoms with Gasteiger partial charge < -0.3 is 19.1 Å². The molecule has 0 bridgehead atoms. The van der Waals surface area contributed by atoms with Crippen LogP contribution in [0.15, 0.2) is 41.9 Å². The molecule has 0 radical (unpaired) electrons. The van der Waals surface area contributed by atoms with Crippen molar-refractivity contribution in [3.05, 3.63) is 47.4 Å². The molecule has 1 atom stereocenters. The monoisotopic (exact) mass is 479 g/mol. The lowest BCUT2D eigenvalue weighted by atomic mass is 10.1. The number of anilines is 1. The van der Waals surface area contributed by atoms with E-state index in [9.17, 15) is 9.67 Å². The molecule has 2 rings (SSSR count). The minimum Gasteiger partial charge on any atom is -0.502 e. The zero-order valence-corrected chi connectivity index (χ0v) is 21.3. The molecule has 0 aliphatic carbocycles. The van der Waals surface area contributed by atoms with Crippen LogP contribution in [0.3, 0.4) is 0 Å². The highest BCUT2D eigenvalue weighted by atomic mass is 31.2. The summed E-state index contributed by atoms with van der Waals surface area (Å²) in [7, 11) is 0.565. The summed E-state index contributed by atoms with van der Waals surface area (Å²) >= 11 is 0. The minimum absolute atomic E-state index is 0.0996. The molecular weight excluding hydrogens is 445 g/mol. The summed E-state index contributed by atoms with van der Waals surface area (Å²) in [6, 6.07) is 6.58. The predicted octanol–water partition coefficient (Wildman–Crippen LogP) is 5.45. The van der Waals surface area contributed by atoms with Crippen LogP contribution in [0.25, 0.3) is 0 Å². The van der Waals surface area contributed by atoms with Crippen molar-refractivity contribution in [2.45, 2.75) is 34.6 Å². The fraction of sp³-hybridized carbons (Fsp3) is 0.435. The van der Waals surface area contributed by atoms with Gasteiger partial charge in [-0.05, 0) is 30.4 Å². The molecule has 9 nitrogen and oxygen atoms in total. The maximum Gasteiger partial charge on any atom is 0.424 e. The van der Waals surface area contributed by atoms with E-state index in [0.717, 1.165) is 5.56 Å². The number of nitrogens with zero attached hydrogens (tertiary/aromatic N) is 2. The first-order valence-corrected chi connectivity index (χ1v) is 12.1. The van der Waals surface area contributed by atoms with Gasteiger partial charge in [0.05, 0.1) is 19.5 Å². The van der Waals surface area contributed by atoms with Gasteiger partial charge in [-0.1, -0.05) is 39.8 Å². The highest BCUT2D eigenvalue weighted by Gasteiger charge is 2.36. The van der Waals surface area contributed by atoms with Crippen LogP contribution in [0.4, 0.5) is 5.82 Å². The number of hydrogen-bond acceptors (Lipinski definition) is 9. The smallest absolute Gasteiger partial charge is 0.424 e. The lowest BCUT2D eigenvalue weighted by molar-refractivity contribution is 0.166. The molecule has 1 aromatic carbocycles. The Labute approximate surface area is 195 Å². The average Bonchev–Trinajstić information content (AvgIpc) is 2.76.